The van der Waals surface area contributed by atoms with Crippen molar-refractivity contribution in [1.82, 2.24) is 0 Å². The number of nitrogen functional groups attached to an aromatic ring is 1. The molecular formula is C15H14N2O3. The van der Waals surface area contributed by atoms with Crippen molar-refractivity contribution in [2.24, 2.45) is 0 Å². The molecule has 0 aliphatic rings. The number of aromatic carboxylic acids is 1. The predicted octanol–water partition coefficient (Wildman–Crippen LogP) is 2.53. The van der Waals surface area contributed by atoms with Gasteiger partial charge in [-0.2, -0.15) is 0 Å². The first-order valence-corrected chi connectivity index (χ1v) is 5.98. The molecule has 0 saturated carbocycles. The second-order valence-electron chi connectivity index (χ2n) is 4.41. The fourth-order valence-electron chi connectivity index (χ4n) is 1.71. The van der Waals surface area contributed by atoms with Crippen LogP contribution >= 0.6 is 0 Å². The largest absolute Gasteiger partial charge is 0.478 e. The van der Waals surface area contributed by atoms with E-state index in [1.54, 1.807) is 30.3 Å². The molecule has 0 spiro atoms. The highest BCUT2D eigenvalue weighted by molar-refractivity contribution is 6.05. The molecule has 0 aliphatic heterocycles. The highest BCUT2D eigenvalue weighted by atomic mass is 16.4. The van der Waals surface area contributed by atoms with Crippen LogP contribution in [0.4, 0.5) is 11.4 Å². The summed E-state index contributed by atoms with van der Waals surface area (Å²) in [6.45, 7) is 1.85. The lowest BCUT2D eigenvalue weighted by molar-refractivity contribution is 0.0696. The van der Waals surface area contributed by atoms with Gasteiger partial charge in [-0.05, 0) is 42.8 Å². The summed E-state index contributed by atoms with van der Waals surface area (Å²) in [6, 6.07) is 11.1. The molecule has 0 aromatic heterocycles. The van der Waals surface area contributed by atoms with Gasteiger partial charge < -0.3 is 16.2 Å². The Morgan fingerprint density at radius 1 is 1.10 bits per heavy atom. The molecule has 20 heavy (non-hydrogen) atoms. The predicted molar refractivity (Wildman–Crippen MR) is 76.9 cm³/mol. The molecule has 2 rings (SSSR count). The quantitative estimate of drug-likeness (QED) is 0.747. The minimum absolute atomic E-state index is 0.117. The lowest BCUT2D eigenvalue weighted by Gasteiger charge is -2.07. The van der Waals surface area contributed by atoms with Crippen LogP contribution in [-0.4, -0.2) is 17.0 Å². The van der Waals surface area contributed by atoms with Crippen molar-refractivity contribution < 1.29 is 14.7 Å². The van der Waals surface area contributed by atoms with Crippen molar-refractivity contribution in [3.8, 4) is 0 Å². The van der Waals surface area contributed by atoms with Gasteiger partial charge in [0.25, 0.3) is 5.91 Å². The Labute approximate surface area is 116 Å². The van der Waals surface area contributed by atoms with Crippen molar-refractivity contribution >= 4 is 23.3 Å². The normalized spacial score (nSPS) is 10.1. The van der Waals surface area contributed by atoms with E-state index < -0.39 is 5.97 Å². The number of hydrogen-bond donors (Lipinski definition) is 3. The standard InChI is InChI=1S/C15H14N2O3/c1-9-5-6-10(8-13(9)16)14(18)17-12-4-2-3-11(7-12)15(19)20/h2-8H,16H2,1H3,(H,17,18)(H,19,20). The van der Waals surface area contributed by atoms with Gasteiger partial charge in [0.05, 0.1) is 5.56 Å². The first kappa shape index (κ1) is 13.6. The molecule has 1 amide bonds. The Morgan fingerprint density at radius 2 is 1.85 bits per heavy atom. The van der Waals surface area contributed by atoms with Gasteiger partial charge in [-0.1, -0.05) is 12.1 Å². The molecule has 0 bridgehead atoms. The summed E-state index contributed by atoms with van der Waals surface area (Å²) in [5.41, 5.74) is 8.16. The van der Waals surface area contributed by atoms with Gasteiger partial charge in [0.2, 0.25) is 0 Å². The van der Waals surface area contributed by atoms with E-state index in [1.165, 1.54) is 12.1 Å². The zero-order valence-electron chi connectivity index (χ0n) is 10.9. The Kier molecular flexibility index (Phi) is 3.70. The van der Waals surface area contributed by atoms with Gasteiger partial charge in [-0.25, -0.2) is 4.79 Å². The van der Waals surface area contributed by atoms with E-state index in [-0.39, 0.29) is 11.5 Å². The number of benzene rings is 2. The van der Waals surface area contributed by atoms with Crippen molar-refractivity contribution in [3.63, 3.8) is 0 Å². The number of aryl methyl sites for hydroxylation is 1. The molecule has 0 aliphatic carbocycles. The number of rotatable bonds is 3. The number of carbonyl (C=O) groups is 2. The molecule has 5 nitrogen and oxygen atoms in total. The highest BCUT2D eigenvalue weighted by Gasteiger charge is 2.09. The van der Waals surface area contributed by atoms with Crippen molar-refractivity contribution in [2.75, 3.05) is 11.1 Å². The molecular weight excluding hydrogens is 256 g/mol. The van der Waals surface area contributed by atoms with E-state index in [9.17, 15) is 9.59 Å². The van der Waals surface area contributed by atoms with Crippen LogP contribution in [0.25, 0.3) is 0 Å². The van der Waals surface area contributed by atoms with E-state index >= 15 is 0 Å². The Balaban J connectivity index is 2.21. The third kappa shape index (κ3) is 2.95. The fraction of sp³-hybridized carbons (Fsp3) is 0.0667. The van der Waals surface area contributed by atoms with E-state index in [0.717, 1.165) is 5.56 Å². The maximum atomic E-state index is 12.0. The van der Waals surface area contributed by atoms with Crippen LogP contribution in [-0.2, 0) is 0 Å². The van der Waals surface area contributed by atoms with Gasteiger partial charge >= 0.3 is 5.97 Å². The zero-order chi connectivity index (χ0) is 14.7. The molecule has 2 aromatic rings. The Bertz CT molecular complexity index is 681. The monoisotopic (exact) mass is 270 g/mol. The summed E-state index contributed by atoms with van der Waals surface area (Å²) in [5, 5.41) is 11.5. The van der Waals surface area contributed by atoms with Crippen molar-refractivity contribution in [1.29, 1.82) is 0 Å². The molecule has 0 unspecified atom stereocenters. The zero-order valence-corrected chi connectivity index (χ0v) is 10.9. The van der Waals surface area contributed by atoms with Crippen LogP contribution in [0.15, 0.2) is 42.5 Å². The second kappa shape index (κ2) is 5.44. The highest BCUT2D eigenvalue weighted by Crippen LogP contribution is 2.16. The molecule has 0 fully saturated rings. The average molecular weight is 270 g/mol. The van der Waals surface area contributed by atoms with Crippen molar-refractivity contribution in [2.45, 2.75) is 6.92 Å². The van der Waals surface area contributed by atoms with E-state index in [2.05, 4.69) is 5.32 Å². The number of nitrogens with two attached hydrogens (primary N) is 1. The average Bonchev–Trinajstić information content (AvgIpc) is 2.42. The number of carboxylic acids is 1. The minimum Gasteiger partial charge on any atom is -0.478 e. The first-order chi connectivity index (χ1) is 9.47. The smallest absolute Gasteiger partial charge is 0.335 e. The first-order valence-electron chi connectivity index (χ1n) is 5.98. The number of carboxylic acid groups (broad SMARTS) is 1. The van der Waals surface area contributed by atoms with Crippen LogP contribution < -0.4 is 11.1 Å². The molecule has 0 radical (unpaired) electrons. The number of hydrogen-bond acceptors (Lipinski definition) is 3. The summed E-state index contributed by atoms with van der Waals surface area (Å²) >= 11 is 0. The van der Waals surface area contributed by atoms with Gasteiger partial charge in [0, 0.05) is 16.9 Å². The minimum atomic E-state index is -1.04. The van der Waals surface area contributed by atoms with Gasteiger partial charge in [0.15, 0.2) is 0 Å². The maximum absolute atomic E-state index is 12.0. The Morgan fingerprint density at radius 3 is 2.50 bits per heavy atom. The molecule has 2 aromatic carbocycles. The maximum Gasteiger partial charge on any atom is 0.335 e. The summed E-state index contributed by atoms with van der Waals surface area (Å²) in [7, 11) is 0. The van der Waals surface area contributed by atoms with Crippen LogP contribution in [0.1, 0.15) is 26.3 Å². The lowest BCUT2D eigenvalue weighted by atomic mass is 10.1. The Hall–Kier alpha value is -2.82. The molecule has 0 heterocycles. The van der Waals surface area contributed by atoms with E-state index in [4.69, 9.17) is 10.8 Å². The van der Waals surface area contributed by atoms with Crippen LogP contribution in [0.2, 0.25) is 0 Å². The van der Waals surface area contributed by atoms with Crippen molar-refractivity contribution in [3.05, 3.63) is 59.2 Å². The third-order valence-electron chi connectivity index (χ3n) is 2.91. The number of nitrogens with one attached hydrogen (secondary N) is 1. The number of amides is 1. The van der Waals surface area contributed by atoms with Gasteiger partial charge in [-0.3, -0.25) is 4.79 Å². The fourth-order valence-corrected chi connectivity index (χ4v) is 1.71. The molecule has 102 valence electrons. The number of anilines is 2. The van der Waals surface area contributed by atoms with Crippen LogP contribution in [0.5, 0.6) is 0 Å². The molecule has 0 atom stereocenters. The summed E-state index contributed by atoms with van der Waals surface area (Å²) in [6.07, 6.45) is 0. The second-order valence-corrected chi connectivity index (χ2v) is 4.41. The van der Waals surface area contributed by atoms with Crippen LogP contribution in [0, 0.1) is 6.92 Å². The topological polar surface area (TPSA) is 92.4 Å². The summed E-state index contributed by atoms with van der Waals surface area (Å²) < 4.78 is 0. The summed E-state index contributed by atoms with van der Waals surface area (Å²) in [4.78, 5) is 22.9. The van der Waals surface area contributed by atoms with Gasteiger partial charge in [-0.15, -0.1) is 0 Å². The molecule has 5 heteroatoms. The third-order valence-corrected chi connectivity index (χ3v) is 2.91. The van der Waals surface area contributed by atoms with E-state index in [0.29, 0.717) is 16.9 Å². The molecule has 4 N–H and O–H groups in total. The SMILES string of the molecule is Cc1ccc(C(=O)Nc2cccc(C(=O)O)c2)cc1N. The van der Waals surface area contributed by atoms with E-state index in [1.807, 2.05) is 6.92 Å². The van der Waals surface area contributed by atoms with Gasteiger partial charge in [0.1, 0.15) is 0 Å². The summed E-state index contributed by atoms with van der Waals surface area (Å²) in [5.74, 6) is -1.38. The molecule has 0 saturated heterocycles. The van der Waals surface area contributed by atoms with Crippen LogP contribution in [0.3, 0.4) is 0 Å². The number of carbonyl (C=O) groups excluding carboxylic acids is 1. The lowest BCUT2D eigenvalue weighted by Crippen LogP contribution is -2.13.